The van der Waals surface area contributed by atoms with Crippen LogP contribution in [0.25, 0.3) is 0 Å². The van der Waals surface area contributed by atoms with Gasteiger partial charge >= 0.3 is 201 Å². The molecule has 3 aromatic rings. The summed E-state index contributed by atoms with van der Waals surface area (Å²) in [6.45, 7) is -2.89. The van der Waals surface area contributed by atoms with Crippen LogP contribution in [0.3, 0.4) is 0 Å². The molecule has 9 heteroatoms. The maximum absolute atomic E-state index is 13.7. The molecule has 0 bridgehead atoms. The molecule has 0 aliphatic heterocycles. The molecule has 0 atom stereocenters. The molecule has 0 amide bonds. The summed E-state index contributed by atoms with van der Waals surface area (Å²) in [5.41, 5.74) is -3.76. The van der Waals surface area contributed by atoms with Gasteiger partial charge in [-0.2, -0.15) is 0 Å². The fraction of sp³-hybridized carbons (Fsp3) is 0.154. The molecule has 0 aliphatic carbocycles. The molecule has 4 N–H and O–H groups in total. The summed E-state index contributed by atoms with van der Waals surface area (Å²) in [5, 5.41) is 41.5. The molecule has 0 aromatic heterocycles. The van der Waals surface area contributed by atoms with Crippen LogP contribution in [0, 0.1) is 0 Å². The zero-order valence-corrected chi connectivity index (χ0v) is 19.8. The first-order chi connectivity index (χ1) is 16.6. The molecule has 8 nitrogen and oxygen atoms in total. The van der Waals surface area contributed by atoms with Gasteiger partial charge in [0, 0.05) is 0 Å². The van der Waals surface area contributed by atoms with Gasteiger partial charge in [-0.05, 0) is 0 Å². The third kappa shape index (κ3) is 3.76. The van der Waals surface area contributed by atoms with E-state index in [0.29, 0.717) is 23.5 Å². The Morgan fingerprint density at radius 2 is 1.14 bits per heavy atom. The van der Waals surface area contributed by atoms with E-state index in [0.717, 1.165) is 6.07 Å². The molecule has 0 heterocycles. The summed E-state index contributed by atoms with van der Waals surface area (Å²) < 4.78 is 0. The van der Waals surface area contributed by atoms with Crippen LogP contribution in [0.1, 0.15) is 50.8 Å². The second-order valence-corrected chi connectivity index (χ2v) is 13.1. The van der Waals surface area contributed by atoms with Crippen LogP contribution in [0.4, 0.5) is 4.79 Å². The van der Waals surface area contributed by atoms with Gasteiger partial charge in [0.15, 0.2) is 0 Å². The normalized spacial score (nSPS) is 12.3. The Hall–Kier alpha value is -4.03. The zero-order chi connectivity index (χ0) is 25.8. The van der Waals surface area contributed by atoms with Crippen LogP contribution in [0.15, 0.2) is 72.8 Å². The summed E-state index contributed by atoms with van der Waals surface area (Å²) in [6, 6.07) is 18.7. The Labute approximate surface area is 201 Å². The Morgan fingerprint density at radius 1 is 0.657 bits per heavy atom. The molecular formula is C26H25O8P. The van der Waals surface area contributed by atoms with Crippen molar-refractivity contribution in [3.63, 3.8) is 0 Å². The predicted octanol–water partition coefficient (Wildman–Crippen LogP) is 4.09. The molecule has 0 saturated carbocycles. The van der Waals surface area contributed by atoms with E-state index in [-0.39, 0.29) is 11.5 Å². The minimum atomic E-state index is -4.77. The van der Waals surface area contributed by atoms with Crippen molar-refractivity contribution in [2.24, 2.45) is 0 Å². The van der Waals surface area contributed by atoms with E-state index < -0.39 is 46.9 Å². The van der Waals surface area contributed by atoms with E-state index in [1.165, 1.54) is 6.07 Å². The number of carbonyl (C=O) groups is 4. The summed E-state index contributed by atoms with van der Waals surface area (Å²) in [7, 11) is 0. The van der Waals surface area contributed by atoms with Gasteiger partial charge in [0.05, 0.1) is 0 Å². The van der Waals surface area contributed by atoms with E-state index >= 15 is 0 Å². The summed E-state index contributed by atoms with van der Waals surface area (Å²) in [5.74, 6) is -5.10. The van der Waals surface area contributed by atoms with Gasteiger partial charge in [0.1, 0.15) is 0 Å². The first-order valence-corrected chi connectivity index (χ1v) is 13.3. The number of hydrogen-bond donors (Lipinski definition) is 4. The number of unbranched alkanes of at least 4 members (excludes halogenated alkanes) is 1. The molecule has 3 rings (SSSR count). The Bertz CT molecular complexity index is 1260. The fourth-order valence-corrected chi connectivity index (χ4v) is 11.0. The van der Waals surface area contributed by atoms with Crippen molar-refractivity contribution in [2.45, 2.75) is 19.8 Å². The Morgan fingerprint density at radius 3 is 1.51 bits per heavy atom. The third-order valence-corrected chi connectivity index (χ3v) is 12.8. The molecule has 35 heavy (non-hydrogen) atoms. The van der Waals surface area contributed by atoms with Crippen LogP contribution in [0.2, 0.25) is 0 Å². The maximum atomic E-state index is 13.7. The second-order valence-electron chi connectivity index (χ2n) is 8.13. The topological polar surface area (TPSA) is 149 Å². The number of carboxylic acid groups (broad SMARTS) is 4. The molecule has 0 radical (unpaired) electrons. The van der Waals surface area contributed by atoms with Crippen LogP contribution in [0.5, 0.6) is 0 Å². The van der Waals surface area contributed by atoms with Crippen molar-refractivity contribution in [1.82, 2.24) is 0 Å². The summed E-state index contributed by atoms with van der Waals surface area (Å²) >= 11 is 0. The van der Waals surface area contributed by atoms with Crippen molar-refractivity contribution in [3.05, 3.63) is 89.5 Å². The standard InChI is InChI=1S/C26H25O8P/c1-2-3-16-35(26(33)34,17-10-6-4-7-11-17,18-12-8-5-9-13-18)20-15-14-19(23(27)28)21(24(29)30)22(20)25(31)32/h4-15H,2-3,16H2,1H3,(H,27,28)(H,29,30)(H,31,32)(H,33,34). The van der Waals surface area contributed by atoms with Crippen molar-refractivity contribution in [2.75, 3.05) is 6.16 Å². The number of aromatic carboxylic acids is 3. The average Bonchev–Trinajstić information content (AvgIpc) is 2.85. The summed E-state index contributed by atoms with van der Waals surface area (Å²) in [6.07, 6.45) is 1.01. The SMILES string of the molecule is CCCCP(C(=O)O)(c1ccccc1)(c1ccccc1)c1ccc(C(=O)O)c(C(=O)O)c1C(=O)O. The van der Waals surface area contributed by atoms with Gasteiger partial charge in [0.25, 0.3) is 0 Å². The predicted molar refractivity (Wildman–Crippen MR) is 134 cm³/mol. The van der Waals surface area contributed by atoms with Crippen molar-refractivity contribution >= 4 is 46.1 Å². The molecule has 0 aliphatic rings. The monoisotopic (exact) mass is 496 g/mol. The molecule has 3 aromatic carbocycles. The second kappa shape index (κ2) is 9.68. The van der Waals surface area contributed by atoms with Gasteiger partial charge in [-0.1, -0.05) is 0 Å². The van der Waals surface area contributed by atoms with E-state index in [1.54, 1.807) is 60.7 Å². The Kier molecular flexibility index (Phi) is 7.08. The molecule has 0 saturated heterocycles. The van der Waals surface area contributed by atoms with E-state index in [9.17, 15) is 39.6 Å². The third-order valence-electron chi connectivity index (χ3n) is 6.41. The fourth-order valence-electron chi connectivity index (χ4n) is 4.83. The van der Waals surface area contributed by atoms with Crippen LogP contribution in [-0.4, -0.2) is 50.2 Å². The molecule has 0 fully saturated rings. The molecular weight excluding hydrogens is 471 g/mol. The number of benzene rings is 3. The average molecular weight is 496 g/mol. The molecule has 182 valence electrons. The molecule has 0 unspecified atom stereocenters. The van der Waals surface area contributed by atoms with E-state index in [1.807, 2.05) is 6.92 Å². The zero-order valence-electron chi connectivity index (χ0n) is 18.9. The van der Waals surface area contributed by atoms with Crippen LogP contribution >= 0.6 is 6.60 Å². The van der Waals surface area contributed by atoms with Crippen molar-refractivity contribution < 1.29 is 39.6 Å². The summed E-state index contributed by atoms with van der Waals surface area (Å²) in [4.78, 5) is 50.4. The first-order valence-electron chi connectivity index (χ1n) is 10.9. The van der Waals surface area contributed by atoms with Gasteiger partial charge in [-0.3, -0.25) is 0 Å². The van der Waals surface area contributed by atoms with Crippen molar-refractivity contribution in [1.29, 1.82) is 0 Å². The van der Waals surface area contributed by atoms with Crippen LogP contribution < -0.4 is 15.9 Å². The van der Waals surface area contributed by atoms with Gasteiger partial charge in [0.2, 0.25) is 0 Å². The van der Waals surface area contributed by atoms with Crippen LogP contribution in [-0.2, 0) is 0 Å². The minimum absolute atomic E-state index is 0.0250. The van der Waals surface area contributed by atoms with Crippen molar-refractivity contribution in [3.8, 4) is 0 Å². The number of hydrogen-bond acceptors (Lipinski definition) is 4. The van der Waals surface area contributed by atoms with Gasteiger partial charge in [-0.15, -0.1) is 0 Å². The Balaban J connectivity index is 2.76. The van der Waals surface area contributed by atoms with Gasteiger partial charge in [-0.25, -0.2) is 0 Å². The van der Waals surface area contributed by atoms with E-state index in [4.69, 9.17) is 0 Å². The molecule has 0 spiro atoms. The number of carboxylic acids is 3. The first kappa shape index (κ1) is 25.6. The van der Waals surface area contributed by atoms with E-state index in [2.05, 4.69) is 0 Å². The van der Waals surface area contributed by atoms with Gasteiger partial charge < -0.3 is 0 Å². The number of rotatable bonds is 10. The quantitative estimate of drug-likeness (QED) is 0.307.